The van der Waals surface area contributed by atoms with Crippen molar-refractivity contribution in [3.63, 3.8) is 0 Å². The van der Waals surface area contributed by atoms with E-state index in [9.17, 15) is 0 Å². The summed E-state index contributed by atoms with van der Waals surface area (Å²) in [5.74, 6) is 0.931. The van der Waals surface area contributed by atoms with Crippen LogP contribution >= 0.6 is 11.3 Å². The lowest BCUT2D eigenvalue weighted by Gasteiger charge is -1.95. The molecule has 2 aromatic rings. The van der Waals surface area contributed by atoms with Crippen LogP contribution in [0.3, 0.4) is 0 Å². The van der Waals surface area contributed by atoms with Crippen LogP contribution in [-0.4, -0.2) is 21.7 Å². The number of ether oxygens (including phenoxy) is 1. The molecule has 1 atom stereocenters. The lowest BCUT2D eigenvalue weighted by Crippen LogP contribution is -2.03. The van der Waals surface area contributed by atoms with E-state index in [1.54, 1.807) is 0 Å². The molecule has 1 unspecified atom stereocenters. The summed E-state index contributed by atoms with van der Waals surface area (Å²) in [6.07, 6.45) is 0. The summed E-state index contributed by atoms with van der Waals surface area (Å²) in [7, 11) is 0. The number of nitrogens with zero attached hydrogens (tertiary/aromatic N) is 3. The molecule has 17 heavy (non-hydrogen) atoms. The lowest BCUT2D eigenvalue weighted by molar-refractivity contribution is 0.126. The zero-order valence-corrected chi connectivity index (χ0v) is 10.5. The predicted octanol–water partition coefficient (Wildman–Crippen LogP) is 1.75. The van der Waals surface area contributed by atoms with Gasteiger partial charge in [0.1, 0.15) is 17.3 Å². The summed E-state index contributed by atoms with van der Waals surface area (Å²) in [5, 5.41) is 6.52. The Morgan fingerprint density at radius 1 is 1.53 bits per heavy atom. The maximum absolute atomic E-state index is 5.74. The van der Waals surface area contributed by atoms with Gasteiger partial charge in [0.25, 0.3) is 5.89 Å². The third kappa shape index (κ3) is 2.87. The van der Waals surface area contributed by atoms with Crippen molar-refractivity contribution in [3.05, 3.63) is 16.2 Å². The largest absolute Gasteiger partial charge is 0.374 e. The molecule has 0 aromatic carbocycles. The van der Waals surface area contributed by atoms with Crippen molar-refractivity contribution in [2.24, 2.45) is 5.73 Å². The van der Waals surface area contributed by atoms with E-state index in [0.717, 1.165) is 5.01 Å². The first-order valence-corrected chi connectivity index (χ1v) is 6.20. The highest BCUT2D eigenvalue weighted by Gasteiger charge is 2.13. The van der Waals surface area contributed by atoms with Gasteiger partial charge in [0.15, 0.2) is 5.82 Å². The highest BCUT2D eigenvalue weighted by Crippen LogP contribution is 2.23. The van der Waals surface area contributed by atoms with Crippen LogP contribution in [0, 0.1) is 0 Å². The summed E-state index contributed by atoms with van der Waals surface area (Å²) >= 11 is 1.48. The maximum atomic E-state index is 5.74. The number of rotatable bonds is 5. The molecule has 0 fully saturated rings. The van der Waals surface area contributed by atoms with Crippen LogP contribution in [0.15, 0.2) is 9.90 Å². The molecule has 0 aliphatic heterocycles. The Labute approximate surface area is 103 Å². The van der Waals surface area contributed by atoms with Crippen molar-refractivity contribution in [1.82, 2.24) is 15.1 Å². The molecule has 0 radical (unpaired) electrons. The van der Waals surface area contributed by atoms with Crippen LogP contribution < -0.4 is 5.73 Å². The molecular weight excluding hydrogens is 240 g/mol. The van der Waals surface area contributed by atoms with Crippen LogP contribution in [0.1, 0.15) is 30.7 Å². The van der Waals surface area contributed by atoms with Gasteiger partial charge in [-0.15, -0.1) is 11.3 Å². The number of thiazole rings is 1. The highest BCUT2D eigenvalue weighted by atomic mass is 32.1. The van der Waals surface area contributed by atoms with E-state index in [4.69, 9.17) is 15.0 Å². The minimum absolute atomic E-state index is 0.0837. The Hall–Kier alpha value is -1.31. The molecule has 2 heterocycles. The molecule has 92 valence electrons. The van der Waals surface area contributed by atoms with Crippen molar-refractivity contribution in [3.8, 4) is 11.6 Å². The maximum Gasteiger partial charge on any atom is 0.277 e. The Balaban J connectivity index is 2.13. The van der Waals surface area contributed by atoms with Gasteiger partial charge in [-0.3, -0.25) is 0 Å². The standard InChI is InChI=1S/C10H14N4O2S/c1-3-15-4-8-13-9(16-14-8)7-5-17-10(12-7)6(2)11/h5-6H,3-4,11H2,1-2H3. The van der Waals surface area contributed by atoms with Gasteiger partial charge in [-0.1, -0.05) is 5.16 Å². The summed E-state index contributed by atoms with van der Waals surface area (Å²) in [6.45, 7) is 4.77. The first-order valence-electron chi connectivity index (χ1n) is 5.32. The summed E-state index contributed by atoms with van der Waals surface area (Å²) in [5.41, 5.74) is 6.40. The molecule has 0 bridgehead atoms. The molecule has 0 saturated heterocycles. The smallest absolute Gasteiger partial charge is 0.277 e. The van der Waals surface area contributed by atoms with E-state index in [1.807, 2.05) is 19.2 Å². The Morgan fingerprint density at radius 3 is 3.00 bits per heavy atom. The van der Waals surface area contributed by atoms with E-state index in [0.29, 0.717) is 30.6 Å². The van der Waals surface area contributed by atoms with Crippen LogP contribution in [-0.2, 0) is 11.3 Å². The second-order valence-corrected chi connectivity index (χ2v) is 4.40. The SMILES string of the molecule is CCOCc1noc(-c2csc(C(C)N)n2)n1. The summed E-state index contributed by atoms with van der Waals surface area (Å²) < 4.78 is 10.3. The van der Waals surface area contributed by atoms with Gasteiger partial charge in [-0.2, -0.15) is 4.98 Å². The molecule has 0 aliphatic rings. The van der Waals surface area contributed by atoms with Crippen molar-refractivity contribution >= 4 is 11.3 Å². The molecule has 7 heteroatoms. The fourth-order valence-electron chi connectivity index (χ4n) is 1.20. The van der Waals surface area contributed by atoms with Gasteiger partial charge < -0.3 is 15.0 Å². The van der Waals surface area contributed by atoms with Gasteiger partial charge in [-0.25, -0.2) is 4.98 Å². The topological polar surface area (TPSA) is 87.1 Å². The molecule has 6 nitrogen and oxygen atoms in total. The zero-order chi connectivity index (χ0) is 12.3. The minimum Gasteiger partial charge on any atom is -0.374 e. The highest BCUT2D eigenvalue weighted by molar-refractivity contribution is 7.10. The molecule has 0 aliphatic carbocycles. The molecule has 0 spiro atoms. The normalized spacial score (nSPS) is 12.9. The number of nitrogens with two attached hydrogens (primary N) is 1. The zero-order valence-electron chi connectivity index (χ0n) is 9.71. The molecule has 2 rings (SSSR count). The molecule has 2 aromatic heterocycles. The van der Waals surface area contributed by atoms with Gasteiger partial charge in [0.2, 0.25) is 0 Å². The van der Waals surface area contributed by atoms with Gasteiger partial charge >= 0.3 is 0 Å². The number of hydrogen-bond donors (Lipinski definition) is 1. The van der Waals surface area contributed by atoms with Crippen LogP contribution in [0.5, 0.6) is 0 Å². The fourth-order valence-corrected chi connectivity index (χ4v) is 1.96. The second kappa shape index (κ2) is 5.35. The fraction of sp³-hybridized carbons (Fsp3) is 0.500. The third-order valence-corrected chi connectivity index (χ3v) is 3.08. The lowest BCUT2D eigenvalue weighted by atomic mass is 10.4. The number of aromatic nitrogens is 3. The van der Waals surface area contributed by atoms with Crippen molar-refractivity contribution in [1.29, 1.82) is 0 Å². The van der Waals surface area contributed by atoms with Crippen molar-refractivity contribution < 1.29 is 9.26 Å². The summed E-state index contributed by atoms with van der Waals surface area (Å²) in [6, 6.07) is -0.0837. The van der Waals surface area contributed by atoms with Crippen LogP contribution in [0.25, 0.3) is 11.6 Å². The third-order valence-electron chi connectivity index (χ3n) is 2.03. The van der Waals surface area contributed by atoms with Crippen LogP contribution in [0.4, 0.5) is 0 Å². The molecular formula is C10H14N4O2S. The Morgan fingerprint density at radius 2 is 2.35 bits per heavy atom. The monoisotopic (exact) mass is 254 g/mol. The van der Waals surface area contributed by atoms with E-state index >= 15 is 0 Å². The van der Waals surface area contributed by atoms with E-state index < -0.39 is 0 Å². The Kier molecular flexibility index (Phi) is 3.82. The van der Waals surface area contributed by atoms with Gasteiger partial charge in [-0.05, 0) is 13.8 Å². The molecule has 0 saturated carbocycles. The predicted molar refractivity (Wildman–Crippen MR) is 63.3 cm³/mol. The minimum atomic E-state index is -0.0837. The second-order valence-electron chi connectivity index (χ2n) is 3.51. The summed E-state index contributed by atoms with van der Waals surface area (Å²) in [4.78, 5) is 8.52. The first-order chi connectivity index (χ1) is 8.20. The average Bonchev–Trinajstić information content (AvgIpc) is 2.94. The van der Waals surface area contributed by atoms with E-state index in [2.05, 4.69) is 15.1 Å². The van der Waals surface area contributed by atoms with Gasteiger partial charge in [0, 0.05) is 12.0 Å². The Bertz CT molecular complexity index is 480. The molecule has 0 amide bonds. The van der Waals surface area contributed by atoms with E-state index in [1.165, 1.54) is 11.3 Å². The number of hydrogen-bond acceptors (Lipinski definition) is 7. The first kappa shape index (κ1) is 12.2. The van der Waals surface area contributed by atoms with E-state index in [-0.39, 0.29) is 6.04 Å². The van der Waals surface area contributed by atoms with Crippen LogP contribution in [0.2, 0.25) is 0 Å². The van der Waals surface area contributed by atoms with Crippen molar-refractivity contribution in [2.75, 3.05) is 6.61 Å². The average molecular weight is 254 g/mol. The van der Waals surface area contributed by atoms with Gasteiger partial charge in [0.05, 0.1) is 6.04 Å². The van der Waals surface area contributed by atoms with Crippen molar-refractivity contribution in [2.45, 2.75) is 26.5 Å². The quantitative estimate of drug-likeness (QED) is 0.874. The molecule has 2 N–H and O–H groups in total.